The first-order valence-corrected chi connectivity index (χ1v) is 5.70. The summed E-state index contributed by atoms with van der Waals surface area (Å²) in [6.45, 7) is 0. The maximum atomic E-state index is 11.2. The van der Waals surface area contributed by atoms with E-state index in [9.17, 15) is 9.00 Å². The molecule has 0 saturated carbocycles. The van der Waals surface area contributed by atoms with E-state index in [4.69, 9.17) is 0 Å². The topological polar surface area (TPSA) is 34.1 Å². The second-order valence-corrected chi connectivity index (χ2v) is 4.67. The summed E-state index contributed by atoms with van der Waals surface area (Å²) in [5.41, 5.74) is 0. The van der Waals surface area contributed by atoms with Gasteiger partial charge in [0.05, 0.1) is 5.25 Å². The van der Waals surface area contributed by atoms with Crippen LogP contribution in [0.3, 0.4) is 0 Å². The SMILES string of the molecule is O=CCCCCC1C=CCS1=O. The molecular weight excluding hydrogens is 172 g/mol. The summed E-state index contributed by atoms with van der Waals surface area (Å²) in [6.07, 6.45) is 8.53. The molecule has 0 radical (unpaired) electrons. The molecule has 0 fully saturated rings. The summed E-state index contributed by atoms with van der Waals surface area (Å²) in [6, 6.07) is 0. The number of rotatable bonds is 5. The second-order valence-electron chi connectivity index (χ2n) is 2.97. The molecule has 68 valence electrons. The lowest BCUT2D eigenvalue weighted by atomic mass is 10.1. The Kier molecular flexibility index (Phi) is 4.22. The molecule has 2 unspecified atom stereocenters. The lowest BCUT2D eigenvalue weighted by Gasteiger charge is -2.04. The van der Waals surface area contributed by atoms with Crippen LogP contribution in [0.4, 0.5) is 0 Å². The van der Waals surface area contributed by atoms with Crippen molar-refractivity contribution in [3.8, 4) is 0 Å². The van der Waals surface area contributed by atoms with Crippen molar-refractivity contribution in [1.29, 1.82) is 0 Å². The van der Waals surface area contributed by atoms with Crippen LogP contribution in [0, 0.1) is 0 Å². The van der Waals surface area contributed by atoms with Crippen LogP contribution in [-0.4, -0.2) is 21.5 Å². The van der Waals surface area contributed by atoms with Crippen molar-refractivity contribution < 1.29 is 9.00 Å². The Balaban J connectivity index is 2.10. The van der Waals surface area contributed by atoms with Crippen LogP contribution in [-0.2, 0) is 15.6 Å². The molecule has 1 rings (SSSR count). The monoisotopic (exact) mass is 186 g/mol. The molecule has 2 atom stereocenters. The average molecular weight is 186 g/mol. The Morgan fingerprint density at radius 2 is 2.33 bits per heavy atom. The summed E-state index contributed by atoms with van der Waals surface area (Å²) in [5.74, 6) is 0.721. The molecule has 0 spiro atoms. The Labute approximate surface area is 75.5 Å². The molecule has 1 aliphatic rings. The van der Waals surface area contributed by atoms with E-state index in [0.29, 0.717) is 6.42 Å². The van der Waals surface area contributed by atoms with Gasteiger partial charge in [-0.05, 0) is 12.8 Å². The van der Waals surface area contributed by atoms with Gasteiger partial charge in [0.15, 0.2) is 0 Å². The van der Waals surface area contributed by atoms with Gasteiger partial charge >= 0.3 is 0 Å². The van der Waals surface area contributed by atoms with Crippen LogP contribution in [0.5, 0.6) is 0 Å². The first kappa shape index (κ1) is 9.65. The van der Waals surface area contributed by atoms with E-state index in [1.165, 1.54) is 0 Å². The van der Waals surface area contributed by atoms with Crippen LogP contribution in [0.15, 0.2) is 12.2 Å². The third-order valence-corrected chi connectivity index (χ3v) is 3.60. The molecule has 12 heavy (non-hydrogen) atoms. The van der Waals surface area contributed by atoms with Gasteiger partial charge in [-0.15, -0.1) is 0 Å². The van der Waals surface area contributed by atoms with Gasteiger partial charge in [-0.3, -0.25) is 4.21 Å². The lowest BCUT2D eigenvalue weighted by molar-refractivity contribution is -0.107. The summed E-state index contributed by atoms with van der Waals surface area (Å²) >= 11 is 0. The predicted molar refractivity (Wildman–Crippen MR) is 50.5 cm³/mol. The Morgan fingerprint density at radius 1 is 1.50 bits per heavy atom. The summed E-state index contributed by atoms with van der Waals surface area (Å²) < 4.78 is 11.2. The standard InChI is InChI=1S/C9H14O2S/c10-7-3-1-2-5-9-6-4-8-12(9)11/h4,6-7,9H,1-3,5,8H2. The minimum absolute atomic E-state index is 0.261. The number of carbonyl (C=O) groups excluding carboxylic acids is 1. The fourth-order valence-electron chi connectivity index (χ4n) is 1.31. The van der Waals surface area contributed by atoms with E-state index in [0.717, 1.165) is 31.3 Å². The summed E-state index contributed by atoms with van der Waals surface area (Å²) in [5, 5.41) is 0.261. The summed E-state index contributed by atoms with van der Waals surface area (Å²) in [7, 11) is -0.665. The number of hydrogen-bond donors (Lipinski definition) is 0. The third-order valence-electron chi connectivity index (χ3n) is 2.01. The number of unbranched alkanes of at least 4 members (excludes halogenated alkanes) is 2. The molecule has 3 heteroatoms. The highest BCUT2D eigenvalue weighted by atomic mass is 32.2. The Morgan fingerprint density at radius 3 is 2.92 bits per heavy atom. The highest BCUT2D eigenvalue weighted by Gasteiger charge is 2.16. The zero-order valence-corrected chi connectivity index (χ0v) is 7.89. The fourth-order valence-corrected chi connectivity index (χ4v) is 2.58. The van der Waals surface area contributed by atoms with Crippen LogP contribution >= 0.6 is 0 Å². The minimum Gasteiger partial charge on any atom is -0.303 e. The maximum Gasteiger partial charge on any atom is 0.119 e. The van der Waals surface area contributed by atoms with Crippen molar-refractivity contribution in [2.24, 2.45) is 0 Å². The molecule has 0 saturated heterocycles. The number of carbonyl (C=O) groups is 1. The molecule has 2 nitrogen and oxygen atoms in total. The van der Waals surface area contributed by atoms with Crippen molar-refractivity contribution in [2.75, 3.05) is 5.75 Å². The molecule has 1 heterocycles. The van der Waals surface area contributed by atoms with Gasteiger partial charge in [-0.25, -0.2) is 0 Å². The van der Waals surface area contributed by atoms with E-state index in [2.05, 4.69) is 0 Å². The van der Waals surface area contributed by atoms with Gasteiger partial charge < -0.3 is 4.79 Å². The fraction of sp³-hybridized carbons (Fsp3) is 0.667. The van der Waals surface area contributed by atoms with Gasteiger partial charge in [-0.1, -0.05) is 18.6 Å². The summed E-state index contributed by atoms with van der Waals surface area (Å²) in [4.78, 5) is 9.99. The number of hydrogen-bond acceptors (Lipinski definition) is 2. The van der Waals surface area contributed by atoms with Gasteiger partial charge in [0.2, 0.25) is 0 Å². The second kappa shape index (κ2) is 5.25. The molecule has 0 bridgehead atoms. The molecule has 0 aromatic carbocycles. The van der Waals surface area contributed by atoms with Crippen molar-refractivity contribution in [1.82, 2.24) is 0 Å². The van der Waals surface area contributed by atoms with Crippen LogP contribution in [0.2, 0.25) is 0 Å². The highest BCUT2D eigenvalue weighted by molar-refractivity contribution is 7.86. The molecular formula is C9H14O2S. The van der Waals surface area contributed by atoms with Gasteiger partial charge in [0.25, 0.3) is 0 Å². The molecule has 0 amide bonds. The molecule has 0 aromatic heterocycles. The van der Waals surface area contributed by atoms with Gasteiger partial charge in [0.1, 0.15) is 6.29 Å². The normalized spacial score (nSPS) is 27.7. The molecule has 1 aliphatic heterocycles. The predicted octanol–water partition coefficient (Wildman–Crippen LogP) is 1.43. The largest absolute Gasteiger partial charge is 0.303 e. The van der Waals surface area contributed by atoms with Crippen LogP contribution < -0.4 is 0 Å². The zero-order valence-electron chi connectivity index (χ0n) is 7.07. The van der Waals surface area contributed by atoms with E-state index >= 15 is 0 Å². The Bertz CT molecular complexity index is 199. The van der Waals surface area contributed by atoms with Crippen molar-refractivity contribution in [3.63, 3.8) is 0 Å². The quantitative estimate of drug-likeness (QED) is 0.370. The van der Waals surface area contributed by atoms with Gasteiger partial charge in [0, 0.05) is 23.0 Å². The minimum atomic E-state index is -0.665. The van der Waals surface area contributed by atoms with Crippen molar-refractivity contribution in [2.45, 2.75) is 30.9 Å². The average Bonchev–Trinajstić information content (AvgIpc) is 2.46. The van der Waals surface area contributed by atoms with Gasteiger partial charge in [-0.2, -0.15) is 0 Å². The van der Waals surface area contributed by atoms with Crippen molar-refractivity contribution >= 4 is 17.1 Å². The molecule has 0 aliphatic carbocycles. The lowest BCUT2D eigenvalue weighted by Crippen LogP contribution is -2.08. The highest BCUT2D eigenvalue weighted by Crippen LogP contribution is 2.15. The third kappa shape index (κ3) is 2.89. The van der Waals surface area contributed by atoms with Crippen LogP contribution in [0.25, 0.3) is 0 Å². The smallest absolute Gasteiger partial charge is 0.119 e. The van der Waals surface area contributed by atoms with E-state index in [-0.39, 0.29) is 5.25 Å². The molecule has 0 aromatic rings. The Hall–Kier alpha value is -0.440. The van der Waals surface area contributed by atoms with E-state index < -0.39 is 10.8 Å². The van der Waals surface area contributed by atoms with Crippen molar-refractivity contribution in [3.05, 3.63) is 12.2 Å². The molecule has 0 N–H and O–H groups in total. The van der Waals surface area contributed by atoms with Crippen LogP contribution in [0.1, 0.15) is 25.7 Å². The number of aldehydes is 1. The van der Waals surface area contributed by atoms with E-state index in [1.54, 1.807) is 0 Å². The van der Waals surface area contributed by atoms with E-state index in [1.807, 2.05) is 12.2 Å². The first-order chi connectivity index (χ1) is 5.84. The maximum absolute atomic E-state index is 11.2. The first-order valence-electron chi connectivity index (χ1n) is 4.32. The zero-order chi connectivity index (χ0) is 8.81.